The molecule has 7 nitrogen and oxygen atoms in total. The molecule has 0 bridgehead atoms. The summed E-state index contributed by atoms with van der Waals surface area (Å²) in [5.41, 5.74) is 4.56. The number of carbonyl (C=O) groups is 3. The predicted molar refractivity (Wildman–Crippen MR) is 121 cm³/mol. The first kappa shape index (κ1) is 23.3. The molecule has 1 unspecified atom stereocenters. The van der Waals surface area contributed by atoms with Crippen LogP contribution in [0, 0.1) is 5.92 Å². The van der Waals surface area contributed by atoms with Gasteiger partial charge in [-0.05, 0) is 41.0 Å². The number of nitrogens with one attached hydrogen (secondary N) is 2. The van der Waals surface area contributed by atoms with Crippen LogP contribution in [-0.2, 0) is 14.3 Å². The lowest BCUT2D eigenvalue weighted by molar-refractivity contribution is -0.138. The summed E-state index contributed by atoms with van der Waals surface area (Å²) >= 11 is 0. The minimum Gasteiger partial charge on any atom is -0.481 e. The zero-order chi connectivity index (χ0) is 23.1. The Hall–Kier alpha value is -3.35. The van der Waals surface area contributed by atoms with Crippen molar-refractivity contribution in [1.82, 2.24) is 10.6 Å². The summed E-state index contributed by atoms with van der Waals surface area (Å²) < 4.78 is 5.51. The monoisotopic (exact) mass is 438 g/mol. The van der Waals surface area contributed by atoms with Crippen LogP contribution in [0.25, 0.3) is 11.1 Å². The van der Waals surface area contributed by atoms with Gasteiger partial charge in [-0.1, -0.05) is 62.4 Å². The molecule has 7 heteroatoms. The van der Waals surface area contributed by atoms with Crippen molar-refractivity contribution in [1.29, 1.82) is 0 Å². The molecular formula is C25H30N2O5. The van der Waals surface area contributed by atoms with Gasteiger partial charge < -0.3 is 20.5 Å². The van der Waals surface area contributed by atoms with Crippen molar-refractivity contribution in [3.8, 4) is 11.1 Å². The fourth-order valence-electron chi connectivity index (χ4n) is 4.10. The van der Waals surface area contributed by atoms with E-state index in [-0.39, 0.29) is 30.8 Å². The molecule has 2 aromatic rings. The molecule has 3 rings (SSSR count). The van der Waals surface area contributed by atoms with E-state index in [1.807, 2.05) is 31.2 Å². The van der Waals surface area contributed by atoms with Gasteiger partial charge in [0.2, 0.25) is 5.91 Å². The van der Waals surface area contributed by atoms with Gasteiger partial charge in [0, 0.05) is 18.9 Å². The quantitative estimate of drug-likeness (QED) is 0.521. The first-order valence-corrected chi connectivity index (χ1v) is 11.0. The lowest BCUT2D eigenvalue weighted by Gasteiger charge is -2.19. The molecule has 0 radical (unpaired) electrons. The second-order valence-corrected chi connectivity index (χ2v) is 8.21. The van der Waals surface area contributed by atoms with Gasteiger partial charge in [0.1, 0.15) is 12.6 Å². The number of hydrogen-bond acceptors (Lipinski definition) is 4. The van der Waals surface area contributed by atoms with Crippen LogP contribution in [0.2, 0.25) is 0 Å². The summed E-state index contributed by atoms with van der Waals surface area (Å²) in [6.45, 7) is 4.17. The summed E-state index contributed by atoms with van der Waals surface area (Å²) in [5, 5.41) is 14.2. The summed E-state index contributed by atoms with van der Waals surface area (Å²) in [6, 6.07) is 15.5. The Balaban J connectivity index is 1.51. The zero-order valence-corrected chi connectivity index (χ0v) is 18.5. The van der Waals surface area contributed by atoms with E-state index in [4.69, 9.17) is 9.84 Å². The number of aliphatic carboxylic acids is 1. The second kappa shape index (κ2) is 10.8. The number of ether oxygens (including phenoxy) is 1. The smallest absolute Gasteiger partial charge is 0.407 e. The molecule has 0 fully saturated rings. The Bertz CT molecular complexity index is 929. The Morgan fingerprint density at radius 2 is 1.62 bits per heavy atom. The topological polar surface area (TPSA) is 105 Å². The number of benzene rings is 2. The Kier molecular flexibility index (Phi) is 7.87. The van der Waals surface area contributed by atoms with E-state index < -0.39 is 18.1 Å². The van der Waals surface area contributed by atoms with Crippen LogP contribution in [0.4, 0.5) is 4.79 Å². The normalized spacial score (nSPS) is 14.1. The minimum absolute atomic E-state index is 0.0389. The molecule has 2 atom stereocenters. The number of alkyl carbamates (subject to hydrolysis) is 1. The molecule has 2 amide bonds. The number of fused-ring (bicyclic) bond motifs is 3. The number of carbonyl (C=O) groups excluding carboxylic acids is 2. The Morgan fingerprint density at radius 1 is 1.03 bits per heavy atom. The Morgan fingerprint density at radius 3 is 2.19 bits per heavy atom. The van der Waals surface area contributed by atoms with Crippen LogP contribution >= 0.6 is 0 Å². The van der Waals surface area contributed by atoms with E-state index in [0.29, 0.717) is 19.4 Å². The fourth-order valence-corrected chi connectivity index (χ4v) is 4.10. The van der Waals surface area contributed by atoms with E-state index in [2.05, 4.69) is 34.9 Å². The first-order chi connectivity index (χ1) is 15.4. The molecule has 0 saturated heterocycles. The van der Waals surface area contributed by atoms with E-state index in [9.17, 15) is 14.4 Å². The molecule has 3 N–H and O–H groups in total. The van der Waals surface area contributed by atoms with Crippen molar-refractivity contribution in [2.75, 3.05) is 13.2 Å². The van der Waals surface area contributed by atoms with Gasteiger partial charge in [-0.3, -0.25) is 9.59 Å². The molecular weight excluding hydrogens is 408 g/mol. The van der Waals surface area contributed by atoms with E-state index >= 15 is 0 Å². The molecule has 0 aliphatic heterocycles. The Labute approximate surface area is 188 Å². The van der Waals surface area contributed by atoms with Gasteiger partial charge in [0.05, 0.1) is 0 Å². The van der Waals surface area contributed by atoms with Crippen molar-refractivity contribution < 1.29 is 24.2 Å². The third-order valence-corrected chi connectivity index (χ3v) is 5.82. The molecule has 0 saturated carbocycles. The standard InChI is InChI=1S/C25H30N2O5/c1-3-22(24(30)26-13-12-16(2)14-23(28)29)27-25(31)32-15-21-19-10-6-4-8-17(19)18-9-5-7-11-20(18)21/h4-11,16,21-22H,3,12-15H2,1-2H3,(H,26,30)(H,27,31)(H,28,29)/t16?,22-/m1/s1. The lowest BCUT2D eigenvalue weighted by atomic mass is 9.98. The lowest BCUT2D eigenvalue weighted by Crippen LogP contribution is -2.47. The van der Waals surface area contributed by atoms with Crippen molar-refractivity contribution in [3.05, 3.63) is 59.7 Å². The third kappa shape index (κ3) is 5.66. The molecule has 0 heterocycles. The summed E-state index contributed by atoms with van der Waals surface area (Å²) in [4.78, 5) is 35.6. The average molecular weight is 439 g/mol. The van der Waals surface area contributed by atoms with Crippen molar-refractivity contribution in [2.24, 2.45) is 5.92 Å². The van der Waals surface area contributed by atoms with Gasteiger partial charge in [0.15, 0.2) is 0 Å². The van der Waals surface area contributed by atoms with Gasteiger partial charge in [0.25, 0.3) is 0 Å². The molecule has 2 aromatic carbocycles. The maximum Gasteiger partial charge on any atom is 0.407 e. The van der Waals surface area contributed by atoms with E-state index in [1.54, 1.807) is 6.92 Å². The highest BCUT2D eigenvalue weighted by Gasteiger charge is 2.29. The third-order valence-electron chi connectivity index (χ3n) is 5.82. The van der Waals surface area contributed by atoms with E-state index in [0.717, 1.165) is 22.3 Å². The molecule has 32 heavy (non-hydrogen) atoms. The number of carboxylic acids is 1. The minimum atomic E-state index is -0.854. The predicted octanol–water partition coefficient (Wildman–Crippen LogP) is 3.92. The zero-order valence-electron chi connectivity index (χ0n) is 18.5. The van der Waals surface area contributed by atoms with Crippen LogP contribution < -0.4 is 10.6 Å². The molecule has 170 valence electrons. The highest BCUT2D eigenvalue weighted by Crippen LogP contribution is 2.44. The number of hydrogen-bond donors (Lipinski definition) is 3. The molecule has 0 aromatic heterocycles. The highest BCUT2D eigenvalue weighted by molar-refractivity contribution is 5.85. The van der Waals surface area contributed by atoms with Crippen LogP contribution in [-0.4, -0.2) is 42.3 Å². The van der Waals surface area contributed by atoms with Gasteiger partial charge >= 0.3 is 12.1 Å². The summed E-state index contributed by atoms with van der Waals surface area (Å²) in [7, 11) is 0. The molecule has 0 spiro atoms. The van der Waals surface area contributed by atoms with Crippen LogP contribution in [0.1, 0.15) is 50.2 Å². The van der Waals surface area contributed by atoms with Gasteiger partial charge in [-0.25, -0.2) is 4.79 Å². The summed E-state index contributed by atoms with van der Waals surface area (Å²) in [6.07, 6.45) is 0.402. The van der Waals surface area contributed by atoms with Gasteiger partial charge in [-0.2, -0.15) is 0 Å². The number of carboxylic acid groups (broad SMARTS) is 1. The van der Waals surface area contributed by atoms with Crippen LogP contribution in [0.3, 0.4) is 0 Å². The SMILES string of the molecule is CC[C@@H](NC(=O)OCC1c2ccccc2-c2ccccc21)C(=O)NCCC(C)CC(=O)O. The van der Waals surface area contributed by atoms with Crippen molar-refractivity contribution in [2.45, 2.75) is 45.1 Å². The van der Waals surface area contributed by atoms with Crippen LogP contribution in [0.5, 0.6) is 0 Å². The van der Waals surface area contributed by atoms with Gasteiger partial charge in [-0.15, -0.1) is 0 Å². The molecule has 1 aliphatic rings. The highest BCUT2D eigenvalue weighted by atomic mass is 16.5. The molecule has 1 aliphatic carbocycles. The number of amides is 2. The van der Waals surface area contributed by atoms with E-state index in [1.165, 1.54) is 0 Å². The maximum atomic E-state index is 12.4. The fraction of sp³-hybridized carbons (Fsp3) is 0.400. The largest absolute Gasteiger partial charge is 0.481 e. The average Bonchev–Trinajstić information content (AvgIpc) is 3.09. The van der Waals surface area contributed by atoms with Crippen molar-refractivity contribution in [3.63, 3.8) is 0 Å². The second-order valence-electron chi connectivity index (χ2n) is 8.21. The first-order valence-electron chi connectivity index (χ1n) is 11.0. The number of rotatable bonds is 10. The summed E-state index contributed by atoms with van der Waals surface area (Å²) in [5.74, 6) is -1.24. The maximum absolute atomic E-state index is 12.4. The van der Waals surface area contributed by atoms with Crippen molar-refractivity contribution >= 4 is 18.0 Å². The van der Waals surface area contributed by atoms with Crippen LogP contribution in [0.15, 0.2) is 48.5 Å².